The van der Waals surface area contributed by atoms with Crippen molar-refractivity contribution in [1.29, 1.82) is 5.53 Å². The van der Waals surface area contributed by atoms with Crippen LogP contribution in [0.2, 0.25) is 0 Å². The van der Waals surface area contributed by atoms with Crippen molar-refractivity contribution in [2.45, 2.75) is 45.3 Å². The molecule has 5 nitrogen and oxygen atoms in total. The van der Waals surface area contributed by atoms with E-state index in [9.17, 15) is 4.39 Å². The molecule has 22 heavy (non-hydrogen) atoms. The Morgan fingerprint density at radius 1 is 1.23 bits per heavy atom. The zero-order chi connectivity index (χ0) is 16.4. The van der Waals surface area contributed by atoms with E-state index in [4.69, 9.17) is 14.8 Å². The number of rotatable bonds is 6. The molecule has 7 heteroatoms. The molecule has 1 aliphatic heterocycles. The van der Waals surface area contributed by atoms with Crippen molar-refractivity contribution in [1.82, 2.24) is 0 Å². The Morgan fingerprint density at radius 2 is 1.86 bits per heavy atom. The molecule has 0 unspecified atom stereocenters. The molecule has 0 radical (unpaired) electrons. The SMILES string of the molecule is CC1(C)OB(c2ccc(N=N)c(NCCCF)c2)OC1(C)C. The molecule has 1 aromatic carbocycles. The third-order valence-corrected chi connectivity index (χ3v) is 4.29. The summed E-state index contributed by atoms with van der Waals surface area (Å²) in [6.45, 7) is 8.12. The predicted octanol–water partition coefficient (Wildman–Crippen LogP) is 3.42. The first kappa shape index (κ1) is 16.9. The van der Waals surface area contributed by atoms with Gasteiger partial charge in [-0.25, -0.2) is 5.53 Å². The molecule has 1 saturated heterocycles. The highest BCUT2D eigenvalue weighted by Gasteiger charge is 2.51. The topological polar surface area (TPSA) is 66.7 Å². The van der Waals surface area contributed by atoms with Gasteiger partial charge in [0.2, 0.25) is 0 Å². The van der Waals surface area contributed by atoms with E-state index in [-0.39, 0.29) is 6.67 Å². The van der Waals surface area contributed by atoms with Crippen LogP contribution in [-0.4, -0.2) is 31.5 Å². The van der Waals surface area contributed by atoms with Gasteiger partial charge in [-0.15, -0.1) is 0 Å². The standard InChI is InChI=1S/C15H23BFN3O2/c1-14(2)15(3,4)22-16(21-14)11-6-7-12(20-18)13(10-11)19-9-5-8-17/h6-7,10,18-19H,5,8-9H2,1-4H3. The summed E-state index contributed by atoms with van der Waals surface area (Å²) in [5.74, 6) is 0. The molecule has 0 saturated carbocycles. The Bertz CT molecular complexity index is 536. The smallest absolute Gasteiger partial charge is 0.399 e. The summed E-state index contributed by atoms with van der Waals surface area (Å²) < 4.78 is 24.3. The Morgan fingerprint density at radius 3 is 2.41 bits per heavy atom. The van der Waals surface area contributed by atoms with Crippen LogP contribution in [0, 0.1) is 5.53 Å². The number of halogens is 1. The molecule has 0 aliphatic carbocycles. The van der Waals surface area contributed by atoms with Crippen LogP contribution in [0.4, 0.5) is 15.8 Å². The largest absolute Gasteiger partial charge is 0.494 e. The lowest BCUT2D eigenvalue weighted by Crippen LogP contribution is -2.41. The van der Waals surface area contributed by atoms with Gasteiger partial charge in [0.1, 0.15) is 5.69 Å². The second-order valence-corrected chi connectivity index (χ2v) is 6.45. The number of hydrogen-bond donors (Lipinski definition) is 2. The van der Waals surface area contributed by atoms with Gasteiger partial charge in [0, 0.05) is 6.54 Å². The van der Waals surface area contributed by atoms with Gasteiger partial charge in [-0.2, -0.15) is 5.11 Å². The maximum atomic E-state index is 12.2. The monoisotopic (exact) mass is 307 g/mol. The molecule has 2 N–H and O–H groups in total. The van der Waals surface area contributed by atoms with Crippen molar-refractivity contribution in [3.05, 3.63) is 18.2 Å². The zero-order valence-corrected chi connectivity index (χ0v) is 13.6. The van der Waals surface area contributed by atoms with Crippen molar-refractivity contribution < 1.29 is 13.7 Å². The number of hydrogen-bond acceptors (Lipinski definition) is 5. The first-order valence-corrected chi connectivity index (χ1v) is 7.47. The third kappa shape index (κ3) is 3.30. The van der Waals surface area contributed by atoms with E-state index in [1.807, 2.05) is 39.8 Å². The molecular weight excluding hydrogens is 284 g/mol. The number of nitrogens with one attached hydrogen (secondary N) is 2. The predicted molar refractivity (Wildman–Crippen MR) is 86.0 cm³/mol. The average Bonchev–Trinajstić information content (AvgIpc) is 2.67. The van der Waals surface area contributed by atoms with Crippen LogP contribution in [0.1, 0.15) is 34.1 Å². The Kier molecular flexibility index (Phi) is 4.87. The lowest BCUT2D eigenvalue weighted by atomic mass is 9.79. The summed E-state index contributed by atoms with van der Waals surface area (Å²) in [6.07, 6.45) is 0.415. The average molecular weight is 307 g/mol. The highest BCUT2D eigenvalue weighted by atomic mass is 19.1. The van der Waals surface area contributed by atoms with Crippen molar-refractivity contribution in [3.8, 4) is 0 Å². The molecule has 0 atom stereocenters. The summed E-state index contributed by atoms with van der Waals surface area (Å²) in [4.78, 5) is 0. The van der Waals surface area contributed by atoms with Crippen molar-refractivity contribution in [2.24, 2.45) is 5.11 Å². The zero-order valence-electron chi connectivity index (χ0n) is 13.6. The molecular formula is C15H23BFN3O2. The van der Waals surface area contributed by atoms with Gasteiger partial charge in [-0.05, 0) is 51.7 Å². The summed E-state index contributed by atoms with van der Waals surface area (Å²) in [6, 6.07) is 5.44. The van der Waals surface area contributed by atoms with Gasteiger partial charge in [0.15, 0.2) is 0 Å². The molecule has 0 aromatic heterocycles. The summed E-state index contributed by atoms with van der Waals surface area (Å²) in [5.41, 5.74) is 8.47. The van der Waals surface area contributed by atoms with Crippen molar-refractivity contribution >= 4 is 24.0 Å². The second kappa shape index (κ2) is 6.34. The molecule has 2 rings (SSSR count). The highest BCUT2D eigenvalue weighted by Crippen LogP contribution is 2.37. The van der Waals surface area contributed by atoms with Gasteiger partial charge in [0.25, 0.3) is 0 Å². The van der Waals surface area contributed by atoms with E-state index in [1.54, 1.807) is 6.07 Å². The van der Waals surface area contributed by atoms with Crippen LogP contribution in [0.5, 0.6) is 0 Å². The maximum absolute atomic E-state index is 12.2. The molecule has 1 heterocycles. The van der Waals surface area contributed by atoms with Gasteiger partial charge < -0.3 is 14.6 Å². The van der Waals surface area contributed by atoms with E-state index in [0.29, 0.717) is 24.3 Å². The first-order valence-electron chi connectivity index (χ1n) is 7.47. The Hall–Kier alpha value is -1.47. The van der Waals surface area contributed by atoms with Gasteiger partial charge >= 0.3 is 7.12 Å². The second-order valence-electron chi connectivity index (χ2n) is 6.45. The van der Waals surface area contributed by atoms with Crippen LogP contribution >= 0.6 is 0 Å². The number of alkyl halides is 1. The van der Waals surface area contributed by atoms with Crippen LogP contribution in [0.25, 0.3) is 0 Å². The van der Waals surface area contributed by atoms with Crippen molar-refractivity contribution in [3.63, 3.8) is 0 Å². The lowest BCUT2D eigenvalue weighted by molar-refractivity contribution is 0.00578. The van der Waals surface area contributed by atoms with Crippen LogP contribution in [-0.2, 0) is 9.31 Å². The molecule has 0 bridgehead atoms. The fourth-order valence-corrected chi connectivity index (χ4v) is 2.21. The molecule has 0 amide bonds. The van der Waals surface area contributed by atoms with E-state index in [2.05, 4.69) is 10.4 Å². The Balaban J connectivity index is 2.22. The molecule has 1 fully saturated rings. The van der Waals surface area contributed by atoms with Crippen molar-refractivity contribution in [2.75, 3.05) is 18.5 Å². The van der Waals surface area contributed by atoms with E-state index >= 15 is 0 Å². The molecule has 1 aliphatic rings. The lowest BCUT2D eigenvalue weighted by Gasteiger charge is -2.32. The molecule has 120 valence electrons. The number of nitrogens with zero attached hydrogens (tertiary/aromatic N) is 1. The number of anilines is 1. The van der Waals surface area contributed by atoms with Crippen LogP contribution in [0.3, 0.4) is 0 Å². The minimum atomic E-state index is -0.466. The van der Waals surface area contributed by atoms with Gasteiger partial charge in [-0.1, -0.05) is 6.07 Å². The normalized spacial score (nSPS) is 19.2. The van der Waals surface area contributed by atoms with E-state index in [0.717, 1.165) is 5.46 Å². The fraction of sp³-hybridized carbons (Fsp3) is 0.600. The Labute approximate surface area is 131 Å². The van der Waals surface area contributed by atoms with E-state index in [1.165, 1.54) is 0 Å². The van der Waals surface area contributed by atoms with Gasteiger partial charge in [0.05, 0.1) is 23.6 Å². The summed E-state index contributed by atoms with van der Waals surface area (Å²) >= 11 is 0. The quantitative estimate of drug-likeness (QED) is 0.481. The summed E-state index contributed by atoms with van der Waals surface area (Å²) in [5, 5.41) is 6.59. The van der Waals surface area contributed by atoms with Gasteiger partial charge in [-0.3, -0.25) is 4.39 Å². The minimum absolute atomic E-state index is 0.378. The van der Waals surface area contributed by atoms with Crippen LogP contribution in [0.15, 0.2) is 23.3 Å². The highest BCUT2D eigenvalue weighted by molar-refractivity contribution is 6.62. The first-order chi connectivity index (χ1) is 10.3. The molecule has 1 aromatic rings. The van der Waals surface area contributed by atoms with E-state index < -0.39 is 18.3 Å². The summed E-state index contributed by atoms with van der Waals surface area (Å²) in [7, 11) is -0.466. The fourth-order valence-electron chi connectivity index (χ4n) is 2.21. The minimum Gasteiger partial charge on any atom is -0.399 e. The third-order valence-electron chi connectivity index (χ3n) is 4.29. The van der Waals surface area contributed by atoms with Crippen LogP contribution < -0.4 is 10.8 Å². The number of benzene rings is 1. The molecule has 0 spiro atoms. The maximum Gasteiger partial charge on any atom is 0.494 e.